The summed E-state index contributed by atoms with van der Waals surface area (Å²) < 4.78 is 11.3. The molecule has 0 saturated heterocycles. The highest BCUT2D eigenvalue weighted by Crippen LogP contribution is 1.94. The minimum absolute atomic E-state index is 0.158. The minimum Gasteiger partial charge on any atom is -0.354 e. The van der Waals surface area contributed by atoms with Gasteiger partial charge in [0.15, 0.2) is 6.29 Å². The van der Waals surface area contributed by atoms with E-state index in [0.29, 0.717) is 6.54 Å². The van der Waals surface area contributed by atoms with Crippen molar-refractivity contribution in [1.29, 1.82) is 0 Å². The molecule has 0 aliphatic rings. The van der Waals surface area contributed by atoms with E-state index in [0.717, 1.165) is 5.69 Å². The molecule has 0 atom stereocenters. The fraction of sp³-hybridized carbons (Fsp3) is 0.556. The number of aryl methyl sites for hydroxylation is 1. The SMILES string of the molecule is COC(Cn1nc(C)ccc1=O)OC. The maximum Gasteiger partial charge on any atom is 0.266 e. The third-order valence-electron chi connectivity index (χ3n) is 1.85. The summed E-state index contributed by atoms with van der Waals surface area (Å²) in [5.41, 5.74) is 0.630. The van der Waals surface area contributed by atoms with Crippen LogP contribution < -0.4 is 5.56 Å². The Hall–Kier alpha value is -1.20. The number of methoxy groups -OCH3 is 2. The van der Waals surface area contributed by atoms with Crippen molar-refractivity contribution >= 4 is 0 Å². The van der Waals surface area contributed by atoms with Crippen LogP contribution in [0.5, 0.6) is 0 Å². The lowest BCUT2D eigenvalue weighted by Crippen LogP contribution is -2.30. The van der Waals surface area contributed by atoms with Crippen LogP contribution in [-0.2, 0) is 16.0 Å². The molecule has 14 heavy (non-hydrogen) atoms. The lowest BCUT2D eigenvalue weighted by Gasteiger charge is -2.13. The summed E-state index contributed by atoms with van der Waals surface area (Å²) in [7, 11) is 3.05. The summed E-state index contributed by atoms with van der Waals surface area (Å²) in [5.74, 6) is 0. The normalized spacial score (nSPS) is 10.9. The zero-order valence-electron chi connectivity index (χ0n) is 8.56. The van der Waals surface area contributed by atoms with Crippen LogP contribution in [0.4, 0.5) is 0 Å². The Morgan fingerprint density at radius 1 is 1.43 bits per heavy atom. The van der Waals surface area contributed by atoms with E-state index >= 15 is 0 Å². The number of ether oxygens (including phenoxy) is 2. The van der Waals surface area contributed by atoms with E-state index in [-0.39, 0.29) is 5.56 Å². The van der Waals surface area contributed by atoms with Gasteiger partial charge in [0.2, 0.25) is 0 Å². The van der Waals surface area contributed by atoms with Crippen LogP contribution in [0.1, 0.15) is 5.69 Å². The van der Waals surface area contributed by atoms with Gasteiger partial charge in [-0.3, -0.25) is 4.79 Å². The van der Waals surface area contributed by atoms with Crippen LogP contribution in [0.15, 0.2) is 16.9 Å². The molecule has 0 aromatic carbocycles. The predicted molar refractivity (Wildman–Crippen MR) is 51.0 cm³/mol. The minimum atomic E-state index is -0.443. The molecule has 78 valence electrons. The molecule has 1 heterocycles. The molecule has 5 heteroatoms. The number of aromatic nitrogens is 2. The van der Waals surface area contributed by atoms with Gasteiger partial charge in [-0.25, -0.2) is 4.68 Å². The lowest BCUT2D eigenvalue weighted by atomic mass is 10.4. The Balaban J connectivity index is 2.85. The van der Waals surface area contributed by atoms with Gasteiger partial charge in [-0.15, -0.1) is 0 Å². The zero-order chi connectivity index (χ0) is 10.6. The summed E-state index contributed by atoms with van der Waals surface area (Å²) in [6, 6.07) is 3.15. The number of hydrogen-bond donors (Lipinski definition) is 0. The molecule has 5 nitrogen and oxygen atoms in total. The smallest absolute Gasteiger partial charge is 0.266 e. The average molecular weight is 198 g/mol. The van der Waals surface area contributed by atoms with Gasteiger partial charge in [-0.2, -0.15) is 5.10 Å². The number of hydrogen-bond acceptors (Lipinski definition) is 4. The van der Waals surface area contributed by atoms with Gasteiger partial charge in [-0.05, 0) is 13.0 Å². The second-order valence-corrected chi connectivity index (χ2v) is 2.90. The van der Waals surface area contributed by atoms with Crippen molar-refractivity contribution in [2.24, 2.45) is 0 Å². The Bertz CT molecular complexity index is 344. The fourth-order valence-electron chi connectivity index (χ4n) is 1.07. The highest BCUT2D eigenvalue weighted by Gasteiger charge is 2.07. The Morgan fingerprint density at radius 3 is 2.64 bits per heavy atom. The zero-order valence-corrected chi connectivity index (χ0v) is 8.56. The van der Waals surface area contributed by atoms with Crippen molar-refractivity contribution in [2.45, 2.75) is 19.8 Å². The van der Waals surface area contributed by atoms with E-state index in [1.54, 1.807) is 6.07 Å². The number of rotatable bonds is 4. The third-order valence-corrected chi connectivity index (χ3v) is 1.85. The van der Waals surface area contributed by atoms with Crippen molar-refractivity contribution < 1.29 is 9.47 Å². The van der Waals surface area contributed by atoms with Crippen LogP contribution >= 0.6 is 0 Å². The van der Waals surface area contributed by atoms with Crippen molar-refractivity contribution in [2.75, 3.05) is 14.2 Å². The van der Waals surface area contributed by atoms with Crippen molar-refractivity contribution in [3.05, 3.63) is 28.2 Å². The second-order valence-electron chi connectivity index (χ2n) is 2.90. The van der Waals surface area contributed by atoms with Gasteiger partial charge in [0.05, 0.1) is 12.2 Å². The van der Waals surface area contributed by atoms with Gasteiger partial charge in [-0.1, -0.05) is 0 Å². The molecule has 0 fully saturated rings. The monoisotopic (exact) mass is 198 g/mol. The average Bonchev–Trinajstić information content (AvgIpc) is 2.19. The molecule has 0 amide bonds. The fourth-order valence-corrected chi connectivity index (χ4v) is 1.07. The van der Waals surface area contributed by atoms with Crippen molar-refractivity contribution in [3.63, 3.8) is 0 Å². The molecule has 0 bridgehead atoms. The van der Waals surface area contributed by atoms with E-state index in [1.807, 2.05) is 6.92 Å². The Kier molecular flexibility index (Phi) is 3.79. The first-order chi connectivity index (χ1) is 6.67. The first-order valence-electron chi connectivity index (χ1n) is 4.27. The van der Waals surface area contributed by atoms with Crippen molar-refractivity contribution in [3.8, 4) is 0 Å². The van der Waals surface area contributed by atoms with Gasteiger partial charge in [0.1, 0.15) is 0 Å². The Labute approximate surface area is 82.3 Å². The van der Waals surface area contributed by atoms with Crippen LogP contribution in [0.25, 0.3) is 0 Å². The molecule has 0 saturated carbocycles. The lowest BCUT2D eigenvalue weighted by molar-refractivity contribution is -0.113. The second kappa shape index (κ2) is 4.88. The standard InChI is InChI=1S/C9H14N2O3/c1-7-4-5-8(12)11(10-7)6-9(13-2)14-3/h4-5,9H,6H2,1-3H3. The summed E-state index contributed by atoms with van der Waals surface area (Å²) in [4.78, 5) is 11.3. The summed E-state index contributed by atoms with van der Waals surface area (Å²) >= 11 is 0. The van der Waals surface area contributed by atoms with Crippen molar-refractivity contribution in [1.82, 2.24) is 9.78 Å². The highest BCUT2D eigenvalue weighted by molar-refractivity contribution is 4.97. The maximum absolute atomic E-state index is 11.3. The molecule has 1 rings (SSSR count). The topological polar surface area (TPSA) is 53.4 Å². The first kappa shape index (κ1) is 10.9. The summed E-state index contributed by atoms with van der Waals surface area (Å²) in [6.45, 7) is 2.12. The predicted octanol–water partition coefficient (Wildman–Crippen LogP) is 0.171. The van der Waals surface area contributed by atoms with E-state index in [4.69, 9.17) is 9.47 Å². The molecule has 0 radical (unpaired) electrons. The van der Waals surface area contributed by atoms with Gasteiger partial charge >= 0.3 is 0 Å². The van der Waals surface area contributed by atoms with Crippen LogP contribution in [-0.4, -0.2) is 30.3 Å². The van der Waals surface area contributed by atoms with E-state index < -0.39 is 6.29 Å². The van der Waals surface area contributed by atoms with Crippen LogP contribution in [0.2, 0.25) is 0 Å². The molecule has 0 N–H and O–H groups in total. The van der Waals surface area contributed by atoms with E-state index in [9.17, 15) is 4.79 Å². The van der Waals surface area contributed by atoms with Gasteiger partial charge in [0.25, 0.3) is 5.56 Å². The van der Waals surface area contributed by atoms with Gasteiger partial charge < -0.3 is 9.47 Å². The molecule has 0 aliphatic carbocycles. The van der Waals surface area contributed by atoms with Gasteiger partial charge in [0, 0.05) is 20.3 Å². The van der Waals surface area contributed by atoms with Crippen LogP contribution in [0.3, 0.4) is 0 Å². The molecule has 0 unspecified atom stereocenters. The summed E-state index contributed by atoms with van der Waals surface area (Å²) in [6.07, 6.45) is -0.443. The van der Waals surface area contributed by atoms with E-state index in [1.165, 1.54) is 25.0 Å². The molecule has 1 aromatic rings. The summed E-state index contributed by atoms with van der Waals surface area (Å²) in [5, 5.41) is 4.05. The van der Waals surface area contributed by atoms with E-state index in [2.05, 4.69) is 5.10 Å². The molecule has 0 spiro atoms. The Morgan fingerprint density at radius 2 is 2.07 bits per heavy atom. The highest BCUT2D eigenvalue weighted by atomic mass is 16.7. The maximum atomic E-state index is 11.3. The molecule has 1 aromatic heterocycles. The largest absolute Gasteiger partial charge is 0.354 e. The molecule has 0 aliphatic heterocycles. The molecular formula is C9H14N2O3. The first-order valence-corrected chi connectivity index (χ1v) is 4.27. The van der Waals surface area contributed by atoms with Crippen LogP contribution in [0, 0.1) is 6.92 Å². The quantitative estimate of drug-likeness (QED) is 0.647. The number of nitrogens with zero attached hydrogens (tertiary/aromatic N) is 2. The third kappa shape index (κ3) is 2.65. The molecular weight excluding hydrogens is 184 g/mol.